The molecule has 0 spiro atoms. The van der Waals surface area contributed by atoms with Crippen molar-refractivity contribution >= 4 is 11.0 Å². The normalized spacial score (nSPS) is 28.7. The van der Waals surface area contributed by atoms with E-state index < -0.39 is 37.0 Å². The standard InChI is InChI=1S/C22H26N2O7/c1-2-13-6-8-14(9-7-13)10-24-12-23-15-4-3-5-16(18(15)24)31-22(29)20(27)19(26)17(11-25)30-21(22)28/h3-9,12,17,19-21,25-29H,2,10-11H2,1H3/t17-,19-,20+,21+,22+/m0/s1. The van der Waals surface area contributed by atoms with Crippen molar-refractivity contribution in [1.82, 2.24) is 9.55 Å². The number of aryl methyl sites for hydroxylation is 1. The first-order valence-corrected chi connectivity index (χ1v) is 10.1. The molecule has 3 aromatic rings. The minimum atomic E-state index is -2.66. The predicted octanol–water partition coefficient (Wildman–Crippen LogP) is 0.146. The number of benzene rings is 2. The van der Waals surface area contributed by atoms with Gasteiger partial charge in [0.25, 0.3) is 5.79 Å². The second-order valence-electron chi connectivity index (χ2n) is 7.67. The molecule has 0 saturated carbocycles. The van der Waals surface area contributed by atoms with Gasteiger partial charge in [-0.25, -0.2) is 4.98 Å². The van der Waals surface area contributed by atoms with E-state index >= 15 is 0 Å². The fourth-order valence-electron chi connectivity index (χ4n) is 3.75. The lowest BCUT2D eigenvalue weighted by atomic mass is 9.96. The maximum Gasteiger partial charge on any atom is 0.288 e. The molecule has 5 atom stereocenters. The maximum absolute atomic E-state index is 10.9. The molecular formula is C22H26N2O7. The smallest absolute Gasteiger partial charge is 0.288 e. The highest BCUT2D eigenvalue weighted by atomic mass is 16.7. The molecule has 9 heteroatoms. The van der Waals surface area contributed by atoms with Crippen LogP contribution in [0.1, 0.15) is 18.1 Å². The van der Waals surface area contributed by atoms with Gasteiger partial charge in [0.2, 0.25) is 6.29 Å². The van der Waals surface area contributed by atoms with Gasteiger partial charge in [0, 0.05) is 6.54 Å². The molecule has 0 unspecified atom stereocenters. The molecule has 1 fully saturated rings. The van der Waals surface area contributed by atoms with Crippen LogP contribution >= 0.6 is 0 Å². The fraction of sp³-hybridized carbons (Fsp3) is 0.409. The Bertz CT molecular complexity index is 1040. The van der Waals surface area contributed by atoms with Crippen LogP contribution in [0.5, 0.6) is 5.75 Å². The number of nitrogens with zero attached hydrogens (tertiary/aromatic N) is 2. The molecule has 5 N–H and O–H groups in total. The van der Waals surface area contributed by atoms with E-state index in [-0.39, 0.29) is 5.75 Å². The van der Waals surface area contributed by atoms with Crippen LogP contribution in [0.2, 0.25) is 0 Å². The van der Waals surface area contributed by atoms with Gasteiger partial charge in [-0.2, -0.15) is 0 Å². The zero-order valence-electron chi connectivity index (χ0n) is 17.0. The monoisotopic (exact) mass is 430 g/mol. The largest absolute Gasteiger partial charge is 0.452 e. The van der Waals surface area contributed by atoms with Crippen LogP contribution in [0.15, 0.2) is 48.8 Å². The Balaban J connectivity index is 1.67. The molecule has 31 heavy (non-hydrogen) atoms. The summed E-state index contributed by atoms with van der Waals surface area (Å²) in [5, 5.41) is 50.9. The minimum Gasteiger partial charge on any atom is -0.452 e. The molecule has 0 aliphatic carbocycles. The van der Waals surface area contributed by atoms with E-state index in [1.165, 1.54) is 5.56 Å². The minimum absolute atomic E-state index is 0.138. The molecule has 2 aromatic carbocycles. The molecular weight excluding hydrogens is 404 g/mol. The van der Waals surface area contributed by atoms with Crippen molar-refractivity contribution in [2.45, 2.75) is 50.3 Å². The second-order valence-corrected chi connectivity index (χ2v) is 7.67. The number of hydrogen-bond donors (Lipinski definition) is 5. The summed E-state index contributed by atoms with van der Waals surface area (Å²) in [6.07, 6.45) is -4.28. The second kappa shape index (κ2) is 8.54. The van der Waals surface area contributed by atoms with Gasteiger partial charge in [0.1, 0.15) is 23.5 Å². The third kappa shape index (κ3) is 3.91. The van der Waals surface area contributed by atoms with Crippen LogP contribution in [-0.4, -0.2) is 72.1 Å². The van der Waals surface area contributed by atoms with Gasteiger partial charge in [0.05, 0.1) is 18.5 Å². The van der Waals surface area contributed by atoms with E-state index in [1.54, 1.807) is 24.5 Å². The topological polar surface area (TPSA) is 137 Å². The fourth-order valence-corrected chi connectivity index (χ4v) is 3.75. The first-order chi connectivity index (χ1) is 14.9. The Kier molecular flexibility index (Phi) is 5.98. The molecule has 0 bridgehead atoms. The number of para-hydroxylation sites is 1. The van der Waals surface area contributed by atoms with Crippen LogP contribution in [0.25, 0.3) is 11.0 Å². The lowest BCUT2D eigenvalue weighted by Gasteiger charge is -2.45. The summed E-state index contributed by atoms with van der Waals surface area (Å²) in [5.41, 5.74) is 3.38. The Morgan fingerprint density at radius 2 is 1.81 bits per heavy atom. The highest BCUT2D eigenvalue weighted by Gasteiger charge is 2.57. The van der Waals surface area contributed by atoms with Crippen molar-refractivity contribution in [2.24, 2.45) is 0 Å². The van der Waals surface area contributed by atoms with Crippen LogP contribution in [0.3, 0.4) is 0 Å². The van der Waals surface area contributed by atoms with Crippen molar-refractivity contribution < 1.29 is 35.0 Å². The third-order valence-electron chi connectivity index (χ3n) is 5.62. The van der Waals surface area contributed by atoms with Crippen molar-refractivity contribution in [3.05, 3.63) is 59.9 Å². The zero-order valence-corrected chi connectivity index (χ0v) is 17.0. The maximum atomic E-state index is 10.9. The van der Waals surface area contributed by atoms with Crippen LogP contribution < -0.4 is 4.74 Å². The highest BCUT2D eigenvalue weighted by Crippen LogP contribution is 2.35. The first kappa shape index (κ1) is 21.7. The van der Waals surface area contributed by atoms with E-state index in [4.69, 9.17) is 9.47 Å². The van der Waals surface area contributed by atoms with Crippen LogP contribution in [-0.2, 0) is 17.7 Å². The SMILES string of the molecule is CCc1ccc(Cn2cnc3cccc(O[C@@]4(O)[C@H](O)O[C@@H](CO)[C@H](O)[C@H]4O)c32)cc1. The summed E-state index contributed by atoms with van der Waals surface area (Å²) in [5.74, 6) is -2.52. The number of ether oxygens (including phenoxy) is 2. The van der Waals surface area contributed by atoms with Crippen molar-refractivity contribution in [2.75, 3.05) is 6.61 Å². The van der Waals surface area contributed by atoms with Gasteiger partial charge >= 0.3 is 0 Å². The molecule has 2 heterocycles. The Labute approximate surface area is 178 Å². The number of imidazole rings is 1. The van der Waals surface area contributed by atoms with Gasteiger partial charge in [-0.15, -0.1) is 0 Å². The molecule has 1 aromatic heterocycles. The van der Waals surface area contributed by atoms with E-state index in [1.807, 2.05) is 16.7 Å². The summed E-state index contributed by atoms with van der Waals surface area (Å²) < 4.78 is 12.5. The van der Waals surface area contributed by atoms with E-state index in [0.29, 0.717) is 17.6 Å². The van der Waals surface area contributed by atoms with Crippen LogP contribution in [0, 0.1) is 0 Å². The lowest BCUT2D eigenvalue weighted by Crippen LogP contribution is -2.69. The third-order valence-corrected chi connectivity index (χ3v) is 5.62. The number of aliphatic hydroxyl groups excluding tert-OH is 4. The van der Waals surface area contributed by atoms with Gasteiger partial charge in [0.15, 0.2) is 6.10 Å². The number of aromatic nitrogens is 2. The van der Waals surface area contributed by atoms with Gasteiger partial charge in [-0.3, -0.25) is 0 Å². The van der Waals surface area contributed by atoms with Crippen molar-refractivity contribution in [3.8, 4) is 5.75 Å². The zero-order chi connectivity index (χ0) is 22.2. The molecule has 166 valence electrons. The average Bonchev–Trinajstić information content (AvgIpc) is 3.19. The highest BCUT2D eigenvalue weighted by molar-refractivity contribution is 5.82. The molecule has 1 aliphatic heterocycles. The van der Waals surface area contributed by atoms with Gasteiger partial charge in [-0.05, 0) is 29.7 Å². The Morgan fingerprint density at radius 3 is 2.48 bits per heavy atom. The quantitative estimate of drug-likeness (QED) is 0.349. The lowest BCUT2D eigenvalue weighted by molar-refractivity contribution is -0.385. The molecule has 4 rings (SSSR count). The first-order valence-electron chi connectivity index (χ1n) is 10.1. The molecule has 1 aliphatic rings. The summed E-state index contributed by atoms with van der Waals surface area (Å²) in [4.78, 5) is 4.37. The molecule has 0 radical (unpaired) electrons. The Morgan fingerprint density at radius 1 is 1.10 bits per heavy atom. The van der Waals surface area contributed by atoms with Crippen molar-refractivity contribution in [3.63, 3.8) is 0 Å². The summed E-state index contributed by atoms with van der Waals surface area (Å²) >= 11 is 0. The van der Waals surface area contributed by atoms with Gasteiger partial charge < -0.3 is 39.6 Å². The Hall–Kier alpha value is -2.53. The average molecular weight is 430 g/mol. The predicted molar refractivity (Wildman–Crippen MR) is 110 cm³/mol. The number of hydrogen-bond acceptors (Lipinski definition) is 8. The molecule has 9 nitrogen and oxygen atoms in total. The van der Waals surface area contributed by atoms with E-state index in [9.17, 15) is 25.5 Å². The number of fused-ring (bicyclic) bond motifs is 1. The van der Waals surface area contributed by atoms with E-state index in [2.05, 4.69) is 24.0 Å². The van der Waals surface area contributed by atoms with E-state index in [0.717, 1.165) is 12.0 Å². The summed E-state index contributed by atoms with van der Waals surface area (Å²) in [6, 6.07) is 13.1. The summed E-state index contributed by atoms with van der Waals surface area (Å²) in [7, 11) is 0. The molecule has 1 saturated heterocycles. The number of aliphatic hydroxyl groups is 5. The molecule has 0 amide bonds. The summed E-state index contributed by atoms with van der Waals surface area (Å²) in [6.45, 7) is 1.92. The number of rotatable bonds is 6. The van der Waals surface area contributed by atoms with Crippen molar-refractivity contribution in [1.29, 1.82) is 0 Å². The van der Waals surface area contributed by atoms with Crippen LogP contribution in [0.4, 0.5) is 0 Å². The van der Waals surface area contributed by atoms with Gasteiger partial charge in [-0.1, -0.05) is 37.3 Å².